The van der Waals surface area contributed by atoms with Crippen LogP contribution in [-0.2, 0) is 0 Å². The molecule has 1 unspecified atom stereocenters. The van der Waals surface area contributed by atoms with E-state index in [1.54, 1.807) is 0 Å². The van der Waals surface area contributed by atoms with Crippen LogP contribution in [-0.4, -0.2) is 37.5 Å². The van der Waals surface area contributed by atoms with Crippen molar-refractivity contribution >= 4 is 27.9 Å². The maximum atomic E-state index is 11.4. The van der Waals surface area contributed by atoms with Gasteiger partial charge in [0.2, 0.25) is 0 Å². The summed E-state index contributed by atoms with van der Waals surface area (Å²) in [6.07, 6.45) is 2.30. The first kappa shape index (κ1) is 14.1. The third kappa shape index (κ3) is 3.01. The lowest BCUT2D eigenvalue weighted by molar-refractivity contribution is 0.100. The van der Waals surface area contributed by atoms with Crippen molar-refractivity contribution in [2.75, 3.05) is 31.7 Å². The summed E-state index contributed by atoms with van der Waals surface area (Å²) < 4.78 is 0. The van der Waals surface area contributed by atoms with Crippen LogP contribution in [0.4, 0.5) is 10.7 Å². The third-order valence-electron chi connectivity index (χ3n) is 3.63. The van der Waals surface area contributed by atoms with Crippen molar-refractivity contribution in [3.8, 4) is 0 Å². The van der Waals surface area contributed by atoms with Gasteiger partial charge in [-0.2, -0.15) is 0 Å². The number of nitrogens with one attached hydrogen (secondary N) is 1. The summed E-state index contributed by atoms with van der Waals surface area (Å²) in [4.78, 5) is 14.0. The zero-order valence-electron chi connectivity index (χ0n) is 11.7. The monoisotopic (exact) mass is 282 g/mol. The van der Waals surface area contributed by atoms with Gasteiger partial charge >= 0.3 is 0 Å². The van der Waals surface area contributed by atoms with Crippen LogP contribution in [0.15, 0.2) is 0 Å². The first-order valence-electron chi connectivity index (χ1n) is 6.54. The van der Waals surface area contributed by atoms with Gasteiger partial charge in [0.1, 0.15) is 4.88 Å². The second kappa shape index (κ2) is 5.38. The first-order valence-corrected chi connectivity index (χ1v) is 7.35. The minimum Gasteiger partial charge on any atom is -0.397 e. The summed E-state index contributed by atoms with van der Waals surface area (Å²) in [6.45, 7) is 2.97. The van der Waals surface area contributed by atoms with E-state index in [0.717, 1.165) is 30.0 Å². The second-order valence-corrected chi connectivity index (χ2v) is 6.44. The van der Waals surface area contributed by atoms with E-state index in [1.165, 1.54) is 11.3 Å². The number of carbonyl (C=O) groups is 1. The molecule has 2 rings (SSSR count). The van der Waals surface area contributed by atoms with Gasteiger partial charge < -0.3 is 21.7 Å². The Hall–Kier alpha value is -1.27. The van der Waals surface area contributed by atoms with Crippen molar-refractivity contribution in [1.29, 1.82) is 0 Å². The Morgan fingerprint density at radius 3 is 2.63 bits per heavy atom. The predicted octanol–water partition coefficient (Wildman–Crippen LogP) is 1.67. The fourth-order valence-corrected chi connectivity index (χ4v) is 3.04. The van der Waals surface area contributed by atoms with Gasteiger partial charge in [-0.05, 0) is 39.8 Å². The standard InChI is InChI=1S/C13H22N4OS/c1-7(17(2)3)6-16-13-9(8-4-5-8)10(14)11(19-13)12(15)18/h7-8,16H,4-6,14H2,1-3H3,(H2,15,18). The van der Waals surface area contributed by atoms with Crippen molar-refractivity contribution in [2.24, 2.45) is 5.73 Å². The lowest BCUT2D eigenvalue weighted by Gasteiger charge is -2.20. The SMILES string of the molecule is CC(CNc1sc(C(N)=O)c(N)c1C1CC1)N(C)C. The molecule has 5 N–H and O–H groups in total. The Labute approximate surface area is 118 Å². The number of rotatable bonds is 6. The van der Waals surface area contributed by atoms with Gasteiger partial charge in [0.05, 0.1) is 10.7 Å². The zero-order chi connectivity index (χ0) is 14.2. The normalized spacial score (nSPS) is 16.6. The zero-order valence-corrected chi connectivity index (χ0v) is 12.5. The van der Waals surface area contributed by atoms with Crippen LogP contribution in [0.5, 0.6) is 0 Å². The molecule has 1 fully saturated rings. The Bertz CT molecular complexity index is 479. The van der Waals surface area contributed by atoms with E-state index in [9.17, 15) is 4.79 Å². The summed E-state index contributed by atoms with van der Waals surface area (Å²) in [5.74, 6) is 0.0691. The van der Waals surface area contributed by atoms with Crippen LogP contribution in [0.25, 0.3) is 0 Å². The predicted molar refractivity (Wildman–Crippen MR) is 80.9 cm³/mol. The molecule has 106 valence electrons. The fraction of sp³-hybridized carbons (Fsp3) is 0.615. The molecule has 0 aromatic carbocycles. The molecule has 0 radical (unpaired) electrons. The fourth-order valence-electron chi connectivity index (χ4n) is 1.97. The van der Waals surface area contributed by atoms with E-state index in [0.29, 0.717) is 22.5 Å². The first-order chi connectivity index (χ1) is 8.91. The molecule has 5 nitrogen and oxygen atoms in total. The van der Waals surface area contributed by atoms with E-state index in [1.807, 2.05) is 14.1 Å². The van der Waals surface area contributed by atoms with Crippen molar-refractivity contribution < 1.29 is 4.79 Å². The van der Waals surface area contributed by atoms with Crippen LogP contribution < -0.4 is 16.8 Å². The Balaban J connectivity index is 2.19. The lowest BCUT2D eigenvalue weighted by Crippen LogP contribution is -2.31. The smallest absolute Gasteiger partial charge is 0.260 e. The molecule has 1 aliphatic carbocycles. The maximum absolute atomic E-state index is 11.4. The number of hydrogen-bond acceptors (Lipinski definition) is 5. The molecule has 1 heterocycles. The van der Waals surface area contributed by atoms with Crippen molar-refractivity contribution in [3.63, 3.8) is 0 Å². The lowest BCUT2D eigenvalue weighted by atomic mass is 10.1. The number of likely N-dealkylation sites (N-methyl/N-ethyl adjacent to an activating group) is 1. The topological polar surface area (TPSA) is 84.4 Å². The molecule has 1 amide bonds. The van der Waals surface area contributed by atoms with E-state index in [-0.39, 0.29) is 0 Å². The van der Waals surface area contributed by atoms with Crippen molar-refractivity contribution in [1.82, 2.24) is 4.90 Å². The molecule has 0 saturated heterocycles. The maximum Gasteiger partial charge on any atom is 0.260 e. The highest BCUT2D eigenvalue weighted by Crippen LogP contribution is 2.50. The van der Waals surface area contributed by atoms with Gasteiger partial charge in [-0.15, -0.1) is 11.3 Å². The highest BCUT2D eigenvalue weighted by Gasteiger charge is 2.32. The molecule has 6 heteroatoms. The Morgan fingerprint density at radius 1 is 1.53 bits per heavy atom. The molecular weight excluding hydrogens is 260 g/mol. The summed E-state index contributed by atoms with van der Waals surface area (Å²) >= 11 is 1.39. The number of primary amides is 1. The van der Waals surface area contributed by atoms with Gasteiger partial charge in [0.25, 0.3) is 5.91 Å². The molecule has 0 aliphatic heterocycles. The van der Waals surface area contributed by atoms with E-state index in [2.05, 4.69) is 17.1 Å². The Kier molecular flexibility index (Phi) is 4.01. The molecule has 1 saturated carbocycles. The van der Waals surface area contributed by atoms with Crippen LogP contribution in [0.2, 0.25) is 0 Å². The molecule has 1 aromatic heterocycles. The largest absolute Gasteiger partial charge is 0.397 e. The summed E-state index contributed by atoms with van der Waals surface area (Å²) in [5.41, 5.74) is 13.1. The Morgan fingerprint density at radius 2 is 2.16 bits per heavy atom. The number of nitrogen functional groups attached to an aromatic ring is 1. The molecule has 1 aromatic rings. The minimum atomic E-state index is -0.432. The molecular formula is C13H22N4OS. The number of amides is 1. The average Bonchev–Trinajstić information content (AvgIpc) is 3.10. The van der Waals surface area contributed by atoms with Gasteiger partial charge in [0.15, 0.2) is 0 Å². The van der Waals surface area contributed by atoms with Gasteiger partial charge in [-0.3, -0.25) is 4.79 Å². The molecule has 19 heavy (non-hydrogen) atoms. The second-order valence-electron chi connectivity index (χ2n) is 5.42. The van der Waals surface area contributed by atoms with Crippen LogP contribution in [0.3, 0.4) is 0 Å². The molecule has 0 spiro atoms. The van der Waals surface area contributed by atoms with Crippen LogP contribution >= 0.6 is 11.3 Å². The van der Waals surface area contributed by atoms with Gasteiger partial charge in [-0.1, -0.05) is 0 Å². The number of nitrogens with zero attached hydrogens (tertiary/aromatic N) is 1. The van der Waals surface area contributed by atoms with Crippen LogP contribution in [0, 0.1) is 0 Å². The van der Waals surface area contributed by atoms with E-state index >= 15 is 0 Å². The summed E-state index contributed by atoms with van der Waals surface area (Å²) in [7, 11) is 4.09. The number of hydrogen-bond donors (Lipinski definition) is 3. The number of anilines is 2. The number of nitrogens with two attached hydrogens (primary N) is 2. The van der Waals surface area contributed by atoms with E-state index in [4.69, 9.17) is 11.5 Å². The van der Waals surface area contributed by atoms with Gasteiger partial charge in [0, 0.05) is 18.2 Å². The number of carbonyl (C=O) groups excluding carboxylic acids is 1. The minimum absolute atomic E-state index is 0.410. The molecule has 0 bridgehead atoms. The number of thiophene rings is 1. The third-order valence-corrected chi connectivity index (χ3v) is 4.83. The van der Waals surface area contributed by atoms with Crippen molar-refractivity contribution in [2.45, 2.75) is 31.7 Å². The molecule has 1 aliphatic rings. The highest BCUT2D eigenvalue weighted by atomic mass is 32.1. The average molecular weight is 282 g/mol. The van der Waals surface area contributed by atoms with Crippen molar-refractivity contribution in [3.05, 3.63) is 10.4 Å². The van der Waals surface area contributed by atoms with Gasteiger partial charge in [-0.25, -0.2) is 0 Å². The van der Waals surface area contributed by atoms with E-state index < -0.39 is 5.91 Å². The van der Waals surface area contributed by atoms with Crippen LogP contribution in [0.1, 0.15) is 40.9 Å². The molecule has 1 atom stereocenters. The summed E-state index contributed by atoms with van der Waals surface area (Å²) in [6, 6.07) is 0.410. The summed E-state index contributed by atoms with van der Waals surface area (Å²) in [5, 5.41) is 4.44. The quantitative estimate of drug-likeness (QED) is 0.741. The highest BCUT2D eigenvalue weighted by molar-refractivity contribution is 7.18.